The van der Waals surface area contributed by atoms with Gasteiger partial charge in [-0.25, -0.2) is 4.79 Å². The second-order valence-corrected chi connectivity index (χ2v) is 6.82. The van der Waals surface area contributed by atoms with E-state index in [2.05, 4.69) is 5.32 Å². The molecule has 21 heavy (non-hydrogen) atoms. The molecule has 1 aromatic rings. The zero-order chi connectivity index (χ0) is 14.8. The van der Waals surface area contributed by atoms with Crippen LogP contribution < -0.4 is 5.32 Å². The lowest BCUT2D eigenvalue weighted by Crippen LogP contribution is -2.49. The van der Waals surface area contributed by atoms with E-state index in [9.17, 15) is 14.4 Å². The van der Waals surface area contributed by atoms with Crippen LogP contribution in [-0.4, -0.2) is 51.9 Å². The maximum Gasteiger partial charge on any atom is 0.322 e. The largest absolute Gasteiger partial charge is 0.324 e. The molecule has 8 heteroatoms. The van der Waals surface area contributed by atoms with Crippen LogP contribution in [-0.2, 0) is 4.79 Å². The summed E-state index contributed by atoms with van der Waals surface area (Å²) >= 11 is 2.54. The molecule has 4 amide bonds. The Morgan fingerprint density at radius 2 is 2.05 bits per heavy atom. The average Bonchev–Trinajstić information content (AvgIpc) is 3.09. The maximum atomic E-state index is 12.1. The van der Waals surface area contributed by atoms with Gasteiger partial charge in [-0.05, 0) is 30.4 Å². The molecule has 2 fully saturated rings. The highest BCUT2D eigenvalue weighted by molar-refractivity contribution is 8.14. The summed E-state index contributed by atoms with van der Waals surface area (Å²) in [5.74, 6) is 0.143. The van der Waals surface area contributed by atoms with Crippen molar-refractivity contribution in [2.24, 2.45) is 0 Å². The van der Waals surface area contributed by atoms with Crippen molar-refractivity contribution in [1.29, 1.82) is 0 Å². The first-order chi connectivity index (χ1) is 10.1. The summed E-state index contributed by atoms with van der Waals surface area (Å²) < 4.78 is 0. The number of hydrogen-bond donors (Lipinski definition) is 1. The quantitative estimate of drug-likeness (QED) is 0.907. The Morgan fingerprint density at radius 1 is 1.29 bits per heavy atom. The molecule has 0 aliphatic carbocycles. The minimum absolute atomic E-state index is 0.0641. The van der Waals surface area contributed by atoms with Crippen LogP contribution in [0, 0.1) is 0 Å². The molecule has 6 nitrogen and oxygen atoms in total. The highest BCUT2D eigenvalue weighted by atomic mass is 32.2. The molecule has 0 atom stereocenters. The monoisotopic (exact) mass is 325 g/mol. The fraction of sp³-hybridized carbons (Fsp3) is 0.462. The Labute approximate surface area is 130 Å². The first-order valence-electron chi connectivity index (χ1n) is 6.73. The number of carbonyl (C=O) groups excluding carboxylic acids is 3. The molecular weight excluding hydrogens is 310 g/mol. The number of amides is 4. The average molecular weight is 325 g/mol. The molecule has 2 saturated heterocycles. The minimum atomic E-state index is -0.151. The molecule has 0 saturated carbocycles. The lowest BCUT2D eigenvalue weighted by atomic mass is 10.0. The van der Waals surface area contributed by atoms with Gasteiger partial charge in [-0.3, -0.25) is 19.8 Å². The highest BCUT2D eigenvalue weighted by Crippen LogP contribution is 2.27. The Bertz CT molecular complexity index is 537. The maximum absolute atomic E-state index is 12.1. The van der Waals surface area contributed by atoms with Crippen molar-refractivity contribution in [3.8, 4) is 0 Å². The van der Waals surface area contributed by atoms with Gasteiger partial charge in [0.2, 0.25) is 5.91 Å². The fourth-order valence-corrected chi connectivity index (χ4v) is 3.96. The predicted molar refractivity (Wildman–Crippen MR) is 82.6 cm³/mol. The number of nitrogens with zero attached hydrogens (tertiary/aromatic N) is 2. The van der Waals surface area contributed by atoms with E-state index in [1.807, 2.05) is 17.5 Å². The summed E-state index contributed by atoms with van der Waals surface area (Å²) in [6, 6.07) is 3.55. The molecule has 112 valence electrons. The number of urea groups is 1. The molecule has 3 heterocycles. The fourth-order valence-electron chi connectivity index (χ4n) is 2.58. The van der Waals surface area contributed by atoms with Gasteiger partial charge in [-0.2, -0.15) is 0 Å². The summed E-state index contributed by atoms with van der Waals surface area (Å²) in [5.41, 5.74) is 0. The summed E-state index contributed by atoms with van der Waals surface area (Å²) in [7, 11) is 0. The minimum Gasteiger partial charge on any atom is -0.324 e. The number of hydrogen-bond acceptors (Lipinski definition) is 5. The van der Waals surface area contributed by atoms with Crippen LogP contribution in [0.15, 0.2) is 17.5 Å². The van der Waals surface area contributed by atoms with Gasteiger partial charge in [-0.15, -0.1) is 11.3 Å². The second kappa shape index (κ2) is 6.07. The van der Waals surface area contributed by atoms with Gasteiger partial charge >= 0.3 is 6.03 Å². The molecule has 2 aliphatic heterocycles. The number of imide groups is 1. The van der Waals surface area contributed by atoms with Gasteiger partial charge in [-0.1, -0.05) is 11.8 Å². The number of piperidine rings is 1. The Morgan fingerprint density at radius 3 is 2.62 bits per heavy atom. The number of thioether (sulfide) groups is 1. The SMILES string of the molecule is O=C(Nc1cccs1)N1CCC(N2C(=O)CSC2=O)CC1. The van der Waals surface area contributed by atoms with Crippen molar-refractivity contribution >= 4 is 45.3 Å². The third kappa shape index (κ3) is 3.06. The van der Waals surface area contributed by atoms with Gasteiger partial charge < -0.3 is 4.90 Å². The Kier molecular flexibility index (Phi) is 4.16. The van der Waals surface area contributed by atoms with Crippen LogP contribution in [0.3, 0.4) is 0 Å². The second-order valence-electron chi connectivity index (χ2n) is 4.94. The van der Waals surface area contributed by atoms with Crippen LogP contribution in [0.1, 0.15) is 12.8 Å². The van der Waals surface area contributed by atoms with Gasteiger partial charge in [0.05, 0.1) is 10.8 Å². The van der Waals surface area contributed by atoms with Crippen LogP contribution in [0.5, 0.6) is 0 Å². The Hall–Kier alpha value is -1.54. The van der Waals surface area contributed by atoms with E-state index in [0.717, 1.165) is 16.8 Å². The zero-order valence-electron chi connectivity index (χ0n) is 11.3. The van der Waals surface area contributed by atoms with Crippen LogP contribution in [0.25, 0.3) is 0 Å². The zero-order valence-corrected chi connectivity index (χ0v) is 12.9. The molecule has 1 aromatic heterocycles. The molecule has 0 spiro atoms. The van der Waals surface area contributed by atoms with E-state index >= 15 is 0 Å². The summed E-state index contributed by atoms with van der Waals surface area (Å²) in [5, 5.41) is 5.43. The standard InChI is InChI=1S/C13H15N3O3S2/c17-11-8-21-13(19)16(11)9-3-5-15(6-4-9)12(18)14-10-2-1-7-20-10/h1-2,7,9H,3-6,8H2,(H,14,18). The lowest BCUT2D eigenvalue weighted by Gasteiger charge is -2.35. The number of anilines is 1. The van der Waals surface area contributed by atoms with Crippen molar-refractivity contribution in [2.45, 2.75) is 18.9 Å². The van der Waals surface area contributed by atoms with Crippen molar-refractivity contribution in [1.82, 2.24) is 9.80 Å². The Balaban J connectivity index is 1.54. The number of thiophene rings is 1. The topological polar surface area (TPSA) is 69.7 Å². The number of rotatable bonds is 2. The van der Waals surface area contributed by atoms with Crippen LogP contribution >= 0.6 is 23.1 Å². The predicted octanol–water partition coefficient (Wildman–Crippen LogP) is 2.44. The molecule has 0 radical (unpaired) electrons. The number of likely N-dealkylation sites (tertiary alicyclic amines) is 1. The molecule has 1 N–H and O–H groups in total. The first-order valence-corrected chi connectivity index (χ1v) is 8.60. The smallest absolute Gasteiger partial charge is 0.322 e. The van der Waals surface area contributed by atoms with E-state index in [-0.39, 0.29) is 29.0 Å². The van der Waals surface area contributed by atoms with Crippen molar-refractivity contribution < 1.29 is 14.4 Å². The highest BCUT2D eigenvalue weighted by Gasteiger charge is 2.37. The van der Waals surface area contributed by atoms with E-state index in [0.29, 0.717) is 25.9 Å². The van der Waals surface area contributed by atoms with E-state index in [1.54, 1.807) is 4.90 Å². The molecule has 0 bridgehead atoms. The van der Waals surface area contributed by atoms with Gasteiger partial charge in [0.25, 0.3) is 5.24 Å². The van der Waals surface area contributed by atoms with Crippen LogP contribution in [0.4, 0.5) is 14.6 Å². The third-order valence-electron chi connectivity index (χ3n) is 3.65. The van der Waals surface area contributed by atoms with Crippen molar-refractivity contribution in [3.63, 3.8) is 0 Å². The molecule has 3 rings (SSSR count). The molecular formula is C13H15N3O3S2. The van der Waals surface area contributed by atoms with Gasteiger partial charge in [0, 0.05) is 19.1 Å². The summed E-state index contributed by atoms with van der Waals surface area (Å²) in [6.07, 6.45) is 1.30. The molecule has 0 unspecified atom stereocenters. The summed E-state index contributed by atoms with van der Waals surface area (Å²) in [4.78, 5) is 38.6. The molecule has 0 aromatic carbocycles. The lowest BCUT2D eigenvalue weighted by molar-refractivity contribution is -0.126. The van der Waals surface area contributed by atoms with E-state index in [4.69, 9.17) is 0 Å². The van der Waals surface area contributed by atoms with Crippen LogP contribution in [0.2, 0.25) is 0 Å². The summed E-state index contributed by atoms with van der Waals surface area (Å²) in [6.45, 7) is 1.12. The normalized spacial score (nSPS) is 20.2. The van der Waals surface area contributed by atoms with E-state index < -0.39 is 0 Å². The van der Waals surface area contributed by atoms with Gasteiger partial charge in [0.1, 0.15) is 0 Å². The van der Waals surface area contributed by atoms with Crippen molar-refractivity contribution in [2.75, 3.05) is 24.2 Å². The van der Waals surface area contributed by atoms with Crippen molar-refractivity contribution in [3.05, 3.63) is 17.5 Å². The van der Waals surface area contributed by atoms with Gasteiger partial charge in [0.15, 0.2) is 0 Å². The first kappa shape index (κ1) is 14.4. The van der Waals surface area contributed by atoms with E-state index in [1.165, 1.54) is 16.2 Å². The third-order valence-corrected chi connectivity index (χ3v) is 5.27. The molecule has 2 aliphatic rings. The number of carbonyl (C=O) groups is 3. The number of nitrogens with one attached hydrogen (secondary N) is 1.